The molecule has 120 valence electrons. The molecule has 0 N–H and O–H groups in total. The lowest BCUT2D eigenvalue weighted by atomic mass is 9.86. The summed E-state index contributed by atoms with van der Waals surface area (Å²) in [7, 11) is 0. The van der Waals surface area contributed by atoms with Crippen LogP contribution < -0.4 is 4.74 Å². The van der Waals surface area contributed by atoms with Crippen LogP contribution in [0.15, 0.2) is 18.3 Å². The first-order valence-electron chi connectivity index (χ1n) is 7.43. The van der Waals surface area contributed by atoms with Crippen LogP contribution in [0.25, 0.3) is 0 Å². The van der Waals surface area contributed by atoms with E-state index in [1.165, 1.54) is 18.3 Å². The highest BCUT2D eigenvalue weighted by atomic mass is 19.3. The lowest BCUT2D eigenvalue weighted by Crippen LogP contribution is -2.70. The van der Waals surface area contributed by atoms with Gasteiger partial charge in [0.1, 0.15) is 0 Å². The molecular formula is C15H19F2N3O2. The zero-order valence-electron chi connectivity index (χ0n) is 12.6. The maximum atomic E-state index is 12.5. The Kier molecular flexibility index (Phi) is 3.99. The van der Waals surface area contributed by atoms with Gasteiger partial charge in [0.05, 0.1) is 5.56 Å². The van der Waals surface area contributed by atoms with E-state index in [0.29, 0.717) is 11.6 Å². The minimum atomic E-state index is -2.91. The van der Waals surface area contributed by atoms with Gasteiger partial charge in [-0.15, -0.1) is 0 Å². The Morgan fingerprint density at radius 1 is 1.32 bits per heavy atom. The summed E-state index contributed by atoms with van der Waals surface area (Å²) in [5, 5.41) is 0. The lowest BCUT2D eigenvalue weighted by molar-refractivity contribution is -0.0564. The van der Waals surface area contributed by atoms with Crippen molar-refractivity contribution >= 4 is 5.91 Å². The van der Waals surface area contributed by atoms with E-state index in [1.54, 1.807) is 0 Å². The number of piperidine rings is 1. The Bertz CT molecular complexity index is 538. The number of amides is 1. The predicted molar refractivity (Wildman–Crippen MR) is 75.9 cm³/mol. The summed E-state index contributed by atoms with van der Waals surface area (Å²) >= 11 is 0. The first-order chi connectivity index (χ1) is 10.5. The van der Waals surface area contributed by atoms with Crippen LogP contribution in [0.1, 0.15) is 30.6 Å². The first kappa shape index (κ1) is 15.1. The summed E-state index contributed by atoms with van der Waals surface area (Å²) in [6.45, 7) is 3.18. The smallest absolute Gasteiger partial charge is 0.388 e. The highest BCUT2D eigenvalue weighted by Gasteiger charge is 2.47. The van der Waals surface area contributed by atoms with Crippen LogP contribution in [0.2, 0.25) is 0 Å². The van der Waals surface area contributed by atoms with Crippen LogP contribution in [0.3, 0.4) is 0 Å². The fourth-order valence-electron chi connectivity index (χ4n) is 3.21. The molecular weight excluding hydrogens is 292 g/mol. The topological polar surface area (TPSA) is 45.7 Å². The molecule has 0 spiro atoms. The van der Waals surface area contributed by atoms with Gasteiger partial charge in [0.15, 0.2) is 0 Å². The van der Waals surface area contributed by atoms with Gasteiger partial charge in [-0.25, -0.2) is 4.98 Å². The number of carbonyl (C=O) groups excluding carboxylic acids is 1. The van der Waals surface area contributed by atoms with E-state index >= 15 is 0 Å². The molecule has 3 aliphatic heterocycles. The highest BCUT2D eigenvalue weighted by Crippen LogP contribution is 2.34. The second kappa shape index (κ2) is 5.79. The maximum Gasteiger partial charge on any atom is 0.388 e. The van der Waals surface area contributed by atoms with Crippen LogP contribution in [0.5, 0.6) is 5.88 Å². The van der Waals surface area contributed by atoms with E-state index in [4.69, 9.17) is 0 Å². The summed E-state index contributed by atoms with van der Waals surface area (Å²) in [5.41, 5.74) is 0.411. The lowest BCUT2D eigenvalue weighted by Gasteiger charge is -2.57. The quantitative estimate of drug-likeness (QED) is 0.853. The maximum absolute atomic E-state index is 12.5. The number of alkyl halides is 2. The number of fused-ring (bicyclic) bond motifs is 2. The van der Waals surface area contributed by atoms with E-state index in [9.17, 15) is 13.6 Å². The average Bonchev–Trinajstić information content (AvgIpc) is 2.47. The minimum absolute atomic E-state index is 0.0826. The van der Waals surface area contributed by atoms with Crippen LogP contribution in [0, 0.1) is 0 Å². The number of hydrogen-bond donors (Lipinski definition) is 0. The van der Waals surface area contributed by atoms with Gasteiger partial charge in [0, 0.05) is 43.5 Å². The molecule has 1 amide bonds. The molecule has 7 heteroatoms. The molecule has 5 nitrogen and oxygen atoms in total. The number of hydrogen-bond acceptors (Lipinski definition) is 4. The summed E-state index contributed by atoms with van der Waals surface area (Å²) in [6.07, 6.45) is 2.34. The minimum Gasteiger partial charge on any atom is -0.417 e. The molecule has 3 saturated heterocycles. The summed E-state index contributed by atoms with van der Waals surface area (Å²) in [5.74, 6) is -0.262. The summed E-state index contributed by atoms with van der Waals surface area (Å²) < 4.78 is 28.4. The Morgan fingerprint density at radius 2 is 2.00 bits per heavy atom. The van der Waals surface area contributed by atoms with Gasteiger partial charge in [-0.2, -0.15) is 8.78 Å². The van der Waals surface area contributed by atoms with Crippen molar-refractivity contribution in [1.29, 1.82) is 0 Å². The van der Waals surface area contributed by atoms with Crippen molar-refractivity contribution in [2.45, 2.75) is 45.0 Å². The molecule has 0 aliphatic carbocycles. The SMILES string of the molecule is CC(C)N1CC2CC(C1)N2C(=O)c1ccc(OC(F)F)nc1. The summed E-state index contributed by atoms with van der Waals surface area (Å²) in [4.78, 5) is 20.6. The number of ether oxygens (including phenoxy) is 1. The predicted octanol–water partition coefficient (Wildman–Crippen LogP) is 1.99. The van der Waals surface area contributed by atoms with Gasteiger partial charge >= 0.3 is 6.61 Å². The van der Waals surface area contributed by atoms with Gasteiger partial charge in [-0.1, -0.05) is 0 Å². The molecule has 1 aromatic heterocycles. The monoisotopic (exact) mass is 311 g/mol. The van der Waals surface area contributed by atoms with Crippen molar-refractivity contribution in [1.82, 2.24) is 14.8 Å². The number of rotatable bonds is 4. The van der Waals surface area contributed by atoms with Gasteiger partial charge in [-0.3, -0.25) is 9.69 Å². The Balaban J connectivity index is 1.66. The molecule has 4 heterocycles. The van der Waals surface area contributed by atoms with Crippen molar-refractivity contribution in [2.75, 3.05) is 13.1 Å². The third kappa shape index (κ3) is 2.77. The standard InChI is InChI=1S/C15H19F2N3O2/c1-9(2)19-7-11-5-12(8-19)20(11)14(21)10-3-4-13(18-6-10)22-15(16)17/h3-4,6,9,11-12,15H,5,7-8H2,1-2H3. The Labute approximate surface area is 127 Å². The molecule has 0 aromatic carbocycles. The van der Waals surface area contributed by atoms with E-state index in [2.05, 4.69) is 28.5 Å². The molecule has 0 radical (unpaired) electrons. The fourth-order valence-corrected chi connectivity index (χ4v) is 3.21. The van der Waals surface area contributed by atoms with Crippen molar-refractivity contribution in [3.63, 3.8) is 0 Å². The van der Waals surface area contributed by atoms with Crippen molar-refractivity contribution in [2.24, 2.45) is 0 Å². The molecule has 4 rings (SSSR count). The number of piperazine rings is 1. The van der Waals surface area contributed by atoms with E-state index in [0.717, 1.165) is 19.5 Å². The largest absolute Gasteiger partial charge is 0.417 e. The van der Waals surface area contributed by atoms with E-state index in [1.807, 2.05) is 4.90 Å². The number of aromatic nitrogens is 1. The molecule has 3 fully saturated rings. The molecule has 0 saturated carbocycles. The highest BCUT2D eigenvalue weighted by molar-refractivity contribution is 5.95. The average molecular weight is 311 g/mol. The van der Waals surface area contributed by atoms with Crippen LogP contribution in [0.4, 0.5) is 8.78 Å². The zero-order chi connectivity index (χ0) is 15.9. The summed E-state index contributed by atoms with van der Waals surface area (Å²) in [6, 6.07) is 3.75. The molecule has 2 atom stereocenters. The third-order valence-corrected chi connectivity index (χ3v) is 4.38. The van der Waals surface area contributed by atoms with E-state index in [-0.39, 0.29) is 23.9 Å². The van der Waals surface area contributed by atoms with Gasteiger partial charge < -0.3 is 9.64 Å². The molecule has 3 aliphatic rings. The van der Waals surface area contributed by atoms with Crippen LogP contribution in [-0.2, 0) is 0 Å². The Hall–Kier alpha value is -1.76. The van der Waals surface area contributed by atoms with Crippen LogP contribution in [-0.4, -0.2) is 58.5 Å². The molecule has 2 unspecified atom stereocenters. The molecule has 2 bridgehead atoms. The van der Waals surface area contributed by atoms with Crippen molar-refractivity contribution in [3.8, 4) is 5.88 Å². The third-order valence-electron chi connectivity index (χ3n) is 4.38. The van der Waals surface area contributed by atoms with Crippen molar-refractivity contribution in [3.05, 3.63) is 23.9 Å². The zero-order valence-corrected chi connectivity index (χ0v) is 12.6. The number of nitrogens with zero attached hydrogens (tertiary/aromatic N) is 3. The first-order valence-corrected chi connectivity index (χ1v) is 7.43. The van der Waals surface area contributed by atoms with Gasteiger partial charge in [-0.05, 0) is 26.3 Å². The van der Waals surface area contributed by atoms with E-state index < -0.39 is 6.61 Å². The van der Waals surface area contributed by atoms with Gasteiger partial charge in [0.25, 0.3) is 5.91 Å². The number of carbonyl (C=O) groups is 1. The second-order valence-corrected chi connectivity index (χ2v) is 6.07. The molecule has 1 aromatic rings. The normalized spacial score (nSPS) is 24.5. The number of halogens is 2. The van der Waals surface area contributed by atoms with Crippen LogP contribution >= 0.6 is 0 Å². The fraction of sp³-hybridized carbons (Fsp3) is 0.600. The molecule has 22 heavy (non-hydrogen) atoms. The van der Waals surface area contributed by atoms with Crippen molar-refractivity contribution < 1.29 is 18.3 Å². The van der Waals surface area contributed by atoms with Gasteiger partial charge in [0.2, 0.25) is 5.88 Å². The Morgan fingerprint density at radius 3 is 2.50 bits per heavy atom. The second-order valence-electron chi connectivity index (χ2n) is 6.07. The number of pyridine rings is 1.